The van der Waals surface area contributed by atoms with Crippen molar-refractivity contribution < 1.29 is 24.9 Å². The molecule has 7 heteroatoms. The fraction of sp³-hybridized carbons (Fsp3) is 0.700. The van der Waals surface area contributed by atoms with E-state index in [2.05, 4.69) is 5.32 Å². The van der Waals surface area contributed by atoms with Crippen molar-refractivity contribution in [2.75, 3.05) is 6.61 Å². The number of hydrogen-bond acceptors (Lipinski definition) is 6. The van der Waals surface area contributed by atoms with Crippen LogP contribution < -0.4 is 5.32 Å². The van der Waals surface area contributed by atoms with Gasteiger partial charge in [0.15, 0.2) is 0 Å². The summed E-state index contributed by atoms with van der Waals surface area (Å²) in [4.78, 5) is 12.4. The van der Waals surface area contributed by atoms with Gasteiger partial charge >= 0.3 is 0 Å². The molecule has 1 amide bonds. The minimum Gasteiger partial charge on any atom is -0.394 e. The van der Waals surface area contributed by atoms with E-state index in [0.717, 1.165) is 0 Å². The maximum absolute atomic E-state index is 11.0. The fourth-order valence-electron chi connectivity index (χ4n) is 2.09. The molecule has 2 aliphatic heterocycles. The van der Waals surface area contributed by atoms with Crippen LogP contribution in [0.1, 0.15) is 6.92 Å². The van der Waals surface area contributed by atoms with Crippen molar-refractivity contribution in [2.24, 2.45) is 5.92 Å². The van der Waals surface area contributed by atoms with Crippen LogP contribution in [0, 0.1) is 5.92 Å². The minimum absolute atomic E-state index is 0.290. The number of carbonyl (C=O) groups is 1. The third kappa shape index (κ3) is 2.14. The topological polar surface area (TPSA) is 102 Å². The number of ether oxygens (including phenoxy) is 1. The lowest BCUT2D eigenvalue weighted by molar-refractivity contribution is -0.145. The third-order valence-electron chi connectivity index (χ3n) is 3.11. The molecule has 96 valence electrons. The second-order valence-electron chi connectivity index (χ2n) is 4.24. The summed E-state index contributed by atoms with van der Waals surface area (Å²) in [5, 5.41) is 30.8. The first-order valence-electron chi connectivity index (χ1n) is 5.43. The molecule has 5 atom stereocenters. The Bertz CT molecular complexity index is 335. The van der Waals surface area contributed by atoms with Crippen LogP contribution in [0.15, 0.2) is 12.3 Å². The molecule has 7 nitrogen and oxygen atoms in total. The molecule has 0 aromatic heterocycles. The summed E-state index contributed by atoms with van der Waals surface area (Å²) in [6.45, 7) is 1.46. The summed E-state index contributed by atoms with van der Waals surface area (Å²) in [5.74, 6) is -0.680. The first-order chi connectivity index (χ1) is 8.04. The molecule has 17 heavy (non-hydrogen) atoms. The standard InChI is InChI=1S/C10H16N2O5/c1-5-8(15)6(4-13)17-9(5)12-3-2-7(14)11-10(12)16/h2-3,5-6,8-10,13,15-16H,4H2,1H3,(H,11,14)/t5-,6+,8-,9+,10?/m0/s1. The van der Waals surface area contributed by atoms with Crippen LogP contribution in [0.2, 0.25) is 0 Å². The third-order valence-corrected chi connectivity index (χ3v) is 3.11. The predicted octanol–water partition coefficient (Wildman–Crippen LogP) is -2.08. The summed E-state index contributed by atoms with van der Waals surface area (Å²) in [6, 6.07) is 0. The van der Waals surface area contributed by atoms with Gasteiger partial charge in [-0.3, -0.25) is 4.79 Å². The fourth-order valence-corrected chi connectivity index (χ4v) is 2.09. The van der Waals surface area contributed by atoms with Gasteiger partial charge in [-0.25, -0.2) is 0 Å². The molecule has 2 rings (SSSR count). The Balaban J connectivity index is 2.13. The molecule has 1 saturated heterocycles. The van der Waals surface area contributed by atoms with Crippen LogP contribution in [0.3, 0.4) is 0 Å². The zero-order valence-electron chi connectivity index (χ0n) is 9.35. The molecule has 0 spiro atoms. The molecule has 4 N–H and O–H groups in total. The van der Waals surface area contributed by atoms with Crippen molar-refractivity contribution in [2.45, 2.75) is 31.7 Å². The lowest BCUT2D eigenvalue weighted by Crippen LogP contribution is -2.53. The largest absolute Gasteiger partial charge is 0.394 e. The Morgan fingerprint density at radius 2 is 2.24 bits per heavy atom. The van der Waals surface area contributed by atoms with E-state index >= 15 is 0 Å². The number of aliphatic hydroxyl groups excluding tert-OH is 3. The van der Waals surface area contributed by atoms with Crippen LogP contribution in [-0.2, 0) is 9.53 Å². The zero-order chi connectivity index (χ0) is 12.6. The van der Waals surface area contributed by atoms with Gasteiger partial charge in [-0.15, -0.1) is 0 Å². The van der Waals surface area contributed by atoms with E-state index in [1.165, 1.54) is 17.2 Å². The molecule has 2 heterocycles. The lowest BCUT2D eigenvalue weighted by Gasteiger charge is -2.35. The van der Waals surface area contributed by atoms with Crippen molar-refractivity contribution in [3.8, 4) is 0 Å². The van der Waals surface area contributed by atoms with Crippen molar-refractivity contribution in [1.82, 2.24) is 10.2 Å². The molecular weight excluding hydrogens is 228 g/mol. The maximum atomic E-state index is 11.0. The lowest BCUT2D eigenvalue weighted by atomic mass is 10.0. The first-order valence-corrected chi connectivity index (χ1v) is 5.43. The highest BCUT2D eigenvalue weighted by atomic mass is 16.5. The Hall–Kier alpha value is -1.15. The van der Waals surface area contributed by atoms with Gasteiger partial charge in [-0.05, 0) is 0 Å². The first kappa shape index (κ1) is 12.3. The van der Waals surface area contributed by atoms with E-state index < -0.39 is 30.7 Å². The number of aliphatic hydroxyl groups is 3. The van der Waals surface area contributed by atoms with Gasteiger partial charge in [0, 0.05) is 18.2 Å². The monoisotopic (exact) mass is 244 g/mol. The average Bonchev–Trinajstić information content (AvgIpc) is 2.57. The Labute approximate surface area is 98.3 Å². The van der Waals surface area contributed by atoms with E-state index in [4.69, 9.17) is 9.84 Å². The van der Waals surface area contributed by atoms with Crippen LogP contribution in [-0.4, -0.2) is 57.5 Å². The van der Waals surface area contributed by atoms with Gasteiger partial charge in [0.2, 0.25) is 12.3 Å². The van der Waals surface area contributed by atoms with Gasteiger partial charge in [0.05, 0.1) is 12.7 Å². The summed E-state index contributed by atoms with van der Waals surface area (Å²) < 4.78 is 5.44. The molecule has 2 aliphatic rings. The van der Waals surface area contributed by atoms with Crippen LogP contribution in [0.4, 0.5) is 0 Å². The van der Waals surface area contributed by atoms with Gasteiger partial charge in [-0.1, -0.05) is 6.92 Å². The van der Waals surface area contributed by atoms with Gasteiger partial charge < -0.3 is 30.3 Å². The van der Waals surface area contributed by atoms with Crippen molar-refractivity contribution in [3.05, 3.63) is 12.3 Å². The summed E-state index contributed by atoms with van der Waals surface area (Å²) >= 11 is 0. The molecular formula is C10H16N2O5. The Kier molecular flexibility index (Phi) is 3.34. The predicted molar refractivity (Wildman–Crippen MR) is 56.0 cm³/mol. The number of hydrogen-bond donors (Lipinski definition) is 4. The summed E-state index contributed by atoms with van der Waals surface area (Å²) in [5.41, 5.74) is 0. The number of nitrogens with zero attached hydrogens (tertiary/aromatic N) is 1. The van der Waals surface area contributed by atoms with Crippen molar-refractivity contribution >= 4 is 5.91 Å². The highest BCUT2D eigenvalue weighted by Crippen LogP contribution is 2.30. The van der Waals surface area contributed by atoms with E-state index in [1.807, 2.05) is 0 Å². The second-order valence-corrected chi connectivity index (χ2v) is 4.24. The smallest absolute Gasteiger partial charge is 0.248 e. The van der Waals surface area contributed by atoms with Gasteiger partial charge in [0.1, 0.15) is 12.3 Å². The molecule has 0 radical (unpaired) electrons. The van der Waals surface area contributed by atoms with Gasteiger partial charge in [0.25, 0.3) is 0 Å². The highest BCUT2D eigenvalue weighted by Gasteiger charge is 2.44. The number of carbonyl (C=O) groups excluding carboxylic acids is 1. The molecule has 0 aromatic rings. The van der Waals surface area contributed by atoms with Crippen LogP contribution in [0.25, 0.3) is 0 Å². The van der Waals surface area contributed by atoms with Gasteiger partial charge in [-0.2, -0.15) is 0 Å². The number of amides is 1. The SMILES string of the molecule is C[C@H]1[C@H](O)[C@@H](CO)O[C@H]1N1C=CC(=O)NC1O. The molecule has 0 bridgehead atoms. The maximum Gasteiger partial charge on any atom is 0.248 e. The number of nitrogens with one attached hydrogen (secondary N) is 1. The van der Waals surface area contributed by atoms with E-state index in [9.17, 15) is 15.0 Å². The summed E-state index contributed by atoms with van der Waals surface area (Å²) in [7, 11) is 0. The molecule has 1 unspecified atom stereocenters. The van der Waals surface area contributed by atoms with Crippen molar-refractivity contribution in [3.63, 3.8) is 0 Å². The average molecular weight is 244 g/mol. The normalized spacial score (nSPS) is 41.8. The van der Waals surface area contributed by atoms with E-state index in [-0.39, 0.29) is 12.5 Å². The molecule has 0 saturated carbocycles. The molecule has 0 aromatic carbocycles. The Morgan fingerprint density at radius 3 is 2.76 bits per heavy atom. The van der Waals surface area contributed by atoms with E-state index in [1.54, 1.807) is 6.92 Å². The second kappa shape index (κ2) is 4.61. The number of rotatable bonds is 2. The molecule has 0 aliphatic carbocycles. The highest BCUT2D eigenvalue weighted by molar-refractivity contribution is 5.88. The quantitative estimate of drug-likeness (QED) is 0.445. The van der Waals surface area contributed by atoms with Crippen molar-refractivity contribution in [1.29, 1.82) is 0 Å². The van der Waals surface area contributed by atoms with Crippen LogP contribution in [0.5, 0.6) is 0 Å². The molecule has 1 fully saturated rings. The zero-order valence-corrected chi connectivity index (χ0v) is 9.35. The van der Waals surface area contributed by atoms with E-state index in [0.29, 0.717) is 0 Å². The summed E-state index contributed by atoms with van der Waals surface area (Å²) in [6.07, 6.45) is -0.575. The Morgan fingerprint density at radius 1 is 1.53 bits per heavy atom. The minimum atomic E-state index is -1.19. The van der Waals surface area contributed by atoms with Crippen LogP contribution >= 0.6 is 0 Å².